The van der Waals surface area contributed by atoms with Gasteiger partial charge in [0.25, 0.3) is 17.6 Å². The second-order valence-electron chi connectivity index (χ2n) is 9.43. The summed E-state index contributed by atoms with van der Waals surface area (Å²) in [6.07, 6.45) is 3.49. The van der Waals surface area contributed by atoms with E-state index in [0.717, 1.165) is 17.4 Å². The summed E-state index contributed by atoms with van der Waals surface area (Å²) in [7, 11) is -3.45. The number of hydrogen-bond donors (Lipinski definition) is 4. The van der Waals surface area contributed by atoms with Crippen LogP contribution in [0.15, 0.2) is 48.8 Å². The van der Waals surface area contributed by atoms with Gasteiger partial charge in [-0.05, 0) is 60.2 Å². The van der Waals surface area contributed by atoms with Crippen molar-refractivity contribution in [2.75, 3.05) is 11.0 Å². The molecule has 1 atom stereocenters. The second kappa shape index (κ2) is 10.4. The van der Waals surface area contributed by atoms with Crippen molar-refractivity contribution in [1.29, 1.82) is 0 Å². The first-order chi connectivity index (χ1) is 19.0. The fraction of sp³-hybridized carbons (Fsp3) is 0.231. The van der Waals surface area contributed by atoms with Gasteiger partial charge in [0.1, 0.15) is 17.7 Å². The predicted molar refractivity (Wildman–Crippen MR) is 144 cm³/mol. The average Bonchev–Trinajstić information content (AvgIpc) is 3.53. The smallest absolute Gasteiger partial charge is 0.335 e. The number of carbonyl (C=O) groups is 3. The Kier molecular flexibility index (Phi) is 6.94. The van der Waals surface area contributed by atoms with Gasteiger partial charge in [-0.1, -0.05) is 18.2 Å². The Hall–Kier alpha value is -4.85. The molecule has 1 aliphatic rings. The molecular weight excluding hydrogens is 538 g/mol. The second-order valence-corrected chi connectivity index (χ2v) is 11.2. The number of carbonyl (C=O) groups excluding carboxylic acids is 2. The van der Waals surface area contributed by atoms with Crippen LogP contribution in [-0.4, -0.2) is 57.1 Å². The van der Waals surface area contributed by atoms with Crippen LogP contribution in [0.1, 0.15) is 66.1 Å². The predicted octanol–water partition coefficient (Wildman–Crippen LogP) is 1.85. The molecule has 0 aliphatic heterocycles. The largest absolute Gasteiger partial charge is 0.478 e. The molecule has 0 saturated carbocycles. The Labute approximate surface area is 228 Å². The molecule has 2 aromatic heterocycles. The van der Waals surface area contributed by atoms with Crippen molar-refractivity contribution in [3.63, 3.8) is 0 Å². The van der Waals surface area contributed by atoms with Crippen molar-refractivity contribution in [3.8, 4) is 0 Å². The van der Waals surface area contributed by atoms with Crippen LogP contribution in [0, 0.1) is 6.92 Å². The van der Waals surface area contributed by atoms with Crippen molar-refractivity contribution in [1.82, 2.24) is 30.2 Å². The van der Waals surface area contributed by atoms with E-state index in [-0.39, 0.29) is 35.3 Å². The average molecular weight is 564 g/mol. The molecule has 0 spiro atoms. The highest BCUT2D eigenvalue weighted by Gasteiger charge is 2.29. The Morgan fingerprint density at radius 2 is 1.93 bits per heavy atom. The molecule has 0 bridgehead atoms. The fourth-order valence-corrected chi connectivity index (χ4v) is 5.37. The zero-order valence-corrected chi connectivity index (χ0v) is 22.3. The third kappa shape index (κ3) is 5.47. The van der Waals surface area contributed by atoms with Crippen LogP contribution in [0.25, 0.3) is 5.78 Å². The van der Waals surface area contributed by atoms with Crippen LogP contribution < -0.4 is 15.4 Å². The zero-order valence-electron chi connectivity index (χ0n) is 21.5. The summed E-state index contributed by atoms with van der Waals surface area (Å²) in [6, 6.07) is 10.8. The van der Waals surface area contributed by atoms with Gasteiger partial charge in [-0.25, -0.2) is 18.2 Å². The van der Waals surface area contributed by atoms with Crippen molar-refractivity contribution < 1.29 is 27.9 Å². The van der Waals surface area contributed by atoms with Crippen LogP contribution in [0.3, 0.4) is 0 Å². The van der Waals surface area contributed by atoms with Crippen LogP contribution in [0.2, 0.25) is 0 Å². The van der Waals surface area contributed by atoms with E-state index < -0.39 is 27.8 Å². The molecule has 0 radical (unpaired) electrons. The number of sulfonamides is 1. The SMILES string of the molecule is Cc1c(C(=O)O)ccc2c1CC[C@@H]2NC(=O)c1cc(C(=O)NCc2cccc(NS(C)(=O)=O)c2)nc2ncnn12. The topological polar surface area (TPSA) is 185 Å². The highest BCUT2D eigenvalue weighted by Crippen LogP contribution is 2.35. The summed E-state index contributed by atoms with van der Waals surface area (Å²) < 4.78 is 26.6. The number of fused-ring (bicyclic) bond motifs is 2. The molecule has 2 aromatic carbocycles. The van der Waals surface area contributed by atoms with E-state index in [1.165, 1.54) is 16.9 Å². The lowest BCUT2D eigenvalue weighted by Crippen LogP contribution is -2.30. The van der Waals surface area contributed by atoms with Crippen molar-refractivity contribution in [2.45, 2.75) is 32.4 Å². The number of hydrogen-bond acceptors (Lipinski definition) is 8. The first-order valence-electron chi connectivity index (χ1n) is 12.2. The fourth-order valence-electron chi connectivity index (χ4n) is 4.82. The van der Waals surface area contributed by atoms with Crippen LogP contribution in [-0.2, 0) is 23.0 Å². The lowest BCUT2D eigenvalue weighted by Gasteiger charge is -2.16. The van der Waals surface area contributed by atoms with Gasteiger partial charge >= 0.3 is 5.97 Å². The lowest BCUT2D eigenvalue weighted by atomic mass is 9.98. The van der Waals surface area contributed by atoms with Crippen molar-refractivity contribution >= 4 is 39.3 Å². The van der Waals surface area contributed by atoms with Gasteiger partial charge in [-0.15, -0.1) is 0 Å². The van der Waals surface area contributed by atoms with Gasteiger partial charge in [0.05, 0.1) is 17.9 Å². The number of amides is 2. The maximum Gasteiger partial charge on any atom is 0.335 e. The minimum absolute atomic E-state index is 0.0511. The first-order valence-corrected chi connectivity index (χ1v) is 14.1. The number of aromatic carboxylic acids is 1. The summed E-state index contributed by atoms with van der Waals surface area (Å²) >= 11 is 0. The number of nitrogens with one attached hydrogen (secondary N) is 3. The number of carboxylic acids is 1. The number of anilines is 1. The van der Waals surface area contributed by atoms with E-state index in [0.29, 0.717) is 29.7 Å². The highest BCUT2D eigenvalue weighted by molar-refractivity contribution is 7.92. The van der Waals surface area contributed by atoms with Gasteiger partial charge in [-0.2, -0.15) is 14.6 Å². The minimum Gasteiger partial charge on any atom is -0.478 e. The monoisotopic (exact) mass is 563 g/mol. The maximum atomic E-state index is 13.4. The molecule has 2 heterocycles. The third-order valence-electron chi connectivity index (χ3n) is 6.63. The van der Waals surface area contributed by atoms with Gasteiger partial charge in [0.2, 0.25) is 10.0 Å². The molecule has 40 heavy (non-hydrogen) atoms. The highest BCUT2D eigenvalue weighted by atomic mass is 32.2. The number of benzene rings is 2. The molecule has 206 valence electrons. The molecule has 4 N–H and O–H groups in total. The summed E-state index contributed by atoms with van der Waals surface area (Å²) in [5.74, 6) is -2.00. The Morgan fingerprint density at radius 1 is 1.12 bits per heavy atom. The standard InChI is InChI=1S/C26H25N7O6S/c1-14-17-8-9-20(19(17)7-6-18(14)25(36)37)30-24(35)22-11-21(31-26-28-13-29-33(22)26)23(34)27-12-15-4-3-5-16(10-15)32-40(2,38)39/h3-7,10-11,13,20,32H,8-9,12H2,1-2H3,(H,27,34)(H,30,35)(H,36,37)/t20-/m0/s1. The van der Waals surface area contributed by atoms with E-state index in [1.54, 1.807) is 43.3 Å². The molecule has 0 saturated heterocycles. The number of carboxylic acid groups (broad SMARTS) is 1. The molecule has 14 heteroatoms. The molecular formula is C26H25N7O6S. The van der Waals surface area contributed by atoms with E-state index >= 15 is 0 Å². The van der Waals surface area contributed by atoms with E-state index in [9.17, 15) is 27.9 Å². The summed E-state index contributed by atoms with van der Waals surface area (Å²) in [4.78, 5) is 46.1. The molecule has 0 unspecified atom stereocenters. The Bertz CT molecular complexity index is 1780. The quantitative estimate of drug-likeness (QED) is 0.248. The number of aromatic nitrogens is 4. The lowest BCUT2D eigenvalue weighted by molar-refractivity contribution is 0.0695. The van der Waals surface area contributed by atoms with Crippen LogP contribution >= 0.6 is 0 Å². The molecule has 2 amide bonds. The summed E-state index contributed by atoms with van der Waals surface area (Å²) in [5, 5.41) is 19.2. The summed E-state index contributed by atoms with van der Waals surface area (Å²) in [6.45, 7) is 1.84. The maximum absolute atomic E-state index is 13.4. The summed E-state index contributed by atoms with van der Waals surface area (Å²) in [5.41, 5.74) is 3.68. The normalized spacial score (nSPS) is 14.5. The molecule has 0 fully saturated rings. The van der Waals surface area contributed by atoms with Crippen LogP contribution in [0.4, 0.5) is 5.69 Å². The van der Waals surface area contributed by atoms with E-state index in [4.69, 9.17) is 0 Å². The van der Waals surface area contributed by atoms with Gasteiger partial charge < -0.3 is 15.7 Å². The van der Waals surface area contributed by atoms with Gasteiger partial charge in [0, 0.05) is 18.3 Å². The van der Waals surface area contributed by atoms with E-state index in [2.05, 4.69) is 30.4 Å². The molecule has 1 aliphatic carbocycles. The first kappa shape index (κ1) is 26.7. The number of nitrogens with zero attached hydrogens (tertiary/aromatic N) is 4. The molecule has 4 aromatic rings. The van der Waals surface area contributed by atoms with Gasteiger partial charge in [0.15, 0.2) is 0 Å². The van der Waals surface area contributed by atoms with Crippen LogP contribution in [0.5, 0.6) is 0 Å². The zero-order chi connectivity index (χ0) is 28.6. The molecule has 5 rings (SSSR count). The Morgan fingerprint density at radius 3 is 2.67 bits per heavy atom. The minimum atomic E-state index is -3.45. The van der Waals surface area contributed by atoms with Crippen molar-refractivity contribution in [3.05, 3.63) is 88.0 Å². The third-order valence-corrected chi connectivity index (χ3v) is 7.24. The Balaban J connectivity index is 1.35. The molecule has 13 nitrogen and oxygen atoms in total. The number of rotatable bonds is 8. The van der Waals surface area contributed by atoms with E-state index in [1.807, 2.05) is 0 Å². The van der Waals surface area contributed by atoms with Crippen molar-refractivity contribution in [2.24, 2.45) is 0 Å². The van der Waals surface area contributed by atoms with Gasteiger partial charge in [-0.3, -0.25) is 14.3 Å².